The molecule has 4 nitrogen and oxygen atoms in total. The SMILES string of the molecule is O=C(c1ccncc1O)N1CCc2ccccc2CC1. The molecular weight excluding hydrogens is 252 g/mol. The fourth-order valence-corrected chi connectivity index (χ4v) is 2.61. The molecule has 1 N–H and O–H groups in total. The minimum absolute atomic E-state index is 0.0562. The van der Waals surface area contributed by atoms with Gasteiger partial charge in [0.1, 0.15) is 5.75 Å². The summed E-state index contributed by atoms with van der Waals surface area (Å²) in [5.74, 6) is -0.183. The summed E-state index contributed by atoms with van der Waals surface area (Å²) in [6, 6.07) is 9.87. The zero-order valence-corrected chi connectivity index (χ0v) is 11.1. The van der Waals surface area contributed by atoms with Gasteiger partial charge >= 0.3 is 0 Å². The van der Waals surface area contributed by atoms with E-state index in [0.717, 1.165) is 12.8 Å². The minimum Gasteiger partial charge on any atom is -0.505 e. The Labute approximate surface area is 117 Å². The molecule has 1 aromatic heterocycles. The Morgan fingerprint density at radius 2 is 1.75 bits per heavy atom. The number of pyridine rings is 1. The lowest BCUT2D eigenvalue weighted by molar-refractivity contribution is 0.0760. The van der Waals surface area contributed by atoms with Crippen LogP contribution in [0.1, 0.15) is 21.5 Å². The number of benzene rings is 1. The normalized spacial score (nSPS) is 14.5. The lowest BCUT2D eigenvalue weighted by Crippen LogP contribution is -2.33. The van der Waals surface area contributed by atoms with Crippen LogP contribution in [-0.4, -0.2) is 34.0 Å². The second-order valence-electron chi connectivity index (χ2n) is 4.95. The van der Waals surface area contributed by atoms with Crippen molar-refractivity contribution in [3.05, 3.63) is 59.4 Å². The van der Waals surface area contributed by atoms with Crippen molar-refractivity contribution >= 4 is 5.91 Å². The fraction of sp³-hybridized carbons (Fsp3) is 0.250. The van der Waals surface area contributed by atoms with Crippen molar-refractivity contribution in [3.8, 4) is 5.75 Å². The van der Waals surface area contributed by atoms with Crippen molar-refractivity contribution in [1.29, 1.82) is 0 Å². The number of amides is 1. The highest BCUT2D eigenvalue weighted by atomic mass is 16.3. The Hall–Kier alpha value is -2.36. The maximum absolute atomic E-state index is 12.5. The van der Waals surface area contributed by atoms with Gasteiger partial charge in [0.15, 0.2) is 0 Å². The first-order valence-corrected chi connectivity index (χ1v) is 6.75. The Kier molecular flexibility index (Phi) is 3.37. The van der Waals surface area contributed by atoms with E-state index in [2.05, 4.69) is 17.1 Å². The van der Waals surface area contributed by atoms with Gasteiger partial charge < -0.3 is 10.0 Å². The molecule has 1 aromatic carbocycles. The highest BCUT2D eigenvalue weighted by Gasteiger charge is 2.21. The number of nitrogens with zero attached hydrogens (tertiary/aromatic N) is 2. The number of rotatable bonds is 1. The number of aromatic hydroxyl groups is 1. The van der Waals surface area contributed by atoms with Gasteiger partial charge in [0.2, 0.25) is 0 Å². The second-order valence-corrected chi connectivity index (χ2v) is 4.95. The molecule has 20 heavy (non-hydrogen) atoms. The Morgan fingerprint density at radius 1 is 1.10 bits per heavy atom. The number of carbonyl (C=O) groups is 1. The standard InChI is InChI=1S/C16H16N2O2/c19-15-11-17-8-5-14(15)16(20)18-9-6-12-3-1-2-4-13(12)7-10-18/h1-5,8,11,19H,6-7,9-10H2. The number of carbonyl (C=O) groups excluding carboxylic acids is 1. The molecule has 2 aromatic rings. The van der Waals surface area contributed by atoms with E-state index < -0.39 is 0 Å². The van der Waals surface area contributed by atoms with Crippen molar-refractivity contribution in [2.24, 2.45) is 0 Å². The van der Waals surface area contributed by atoms with E-state index in [1.54, 1.807) is 11.0 Å². The van der Waals surface area contributed by atoms with Gasteiger partial charge in [-0.2, -0.15) is 0 Å². The van der Waals surface area contributed by atoms with E-state index in [9.17, 15) is 9.90 Å². The van der Waals surface area contributed by atoms with Crippen molar-refractivity contribution < 1.29 is 9.90 Å². The van der Waals surface area contributed by atoms with Crippen molar-refractivity contribution in [2.45, 2.75) is 12.8 Å². The summed E-state index contributed by atoms with van der Waals surface area (Å²) in [5, 5.41) is 9.75. The van der Waals surface area contributed by atoms with E-state index >= 15 is 0 Å². The first-order chi connectivity index (χ1) is 9.75. The lowest BCUT2D eigenvalue weighted by Gasteiger charge is -2.20. The van der Waals surface area contributed by atoms with Crippen LogP contribution in [-0.2, 0) is 12.8 Å². The maximum atomic E-state index is 12.5. The summed E-state index contributed by atoms with van der Waals surface area (Å²) >= 11 is 0. The van der Waals surface area contributed by atoms with Crippen molar-refractivity contribution in [1.82, 2.24) is 9.88 Å². The van der Waals surface area contributed by atoms with Crippen LogP contribution >= 0.6 is 0 Å². The van der Waals surface area contributed by atoms with Crippen LogP contribution in [0.4, 0.5) is 0 Å². The Morgan fingerprint density at radius 3 is 2.35 bits per heavy atom. The molecule has 1 aliphatic heterocycles. The molecular formula is C16H16N2O2. The summed E-state index contributed by atoms with van der Waals surface area (Å²) in [5.41, 5.74) is 2.94. The first-order valence-electron chi connectivity index (χ1n) is 6.75. The molecule has 4 heteroatoms. The van der Waals surface area contributed by atoms with Crippen molar-refractivity contribution in [3.63, 3.8) is 0 Å². The molecule has 0 atom stereocenters. The van der Waals surface area contributed by atoms with E-state index in [-0.39, 0.29) is 11.7 Å². The minimum atomic E-state index is -0.127. The van der Waals surface area contributed by atoms with Crippen LogP contribution in [0.25, 0.3) is 0 Å². The van der Waals surface area contributed by atoms with Crippen LogP contribution in [0.15, 0.2) is 42.7 Å². The fourth-order valence-electron chi connectivity index (χ4n) is 2.61. The average Bonchev–Trinajstić information content (AvgIpc) is 2.70. The monoisotopic (exact) mass is 268 g/mol. The van der Waals surface area contributed by atoms with Crippen LogP contribution < -0.4 is 0 Å². The average molecular weight is 268 g/mol. The second kappa shape index (κ2) is 5.33. The Bertz CT molecular complexity index is 613. The summed E-state index contributed by atoms with van der Waals surface area (Å²) < 4.78 is 0. The van der Waals surface area contributed by atoms with Gasteiger partial charge in [-0.1, -0.05) is 24.3 Å². The quantitative estimate of drug-likeness (QED) is 0.861. The first kappa shape index (κ1) is 12.7. The Balaban J connectivity index is 1.80. The third-order valence-electron chi connectivity index (χ3n) is 3.74. The van der Waals surface area contributed by atoms with Crippen LogP contribution in [0.5, 0.6) is 5.75 Å². The molecule has 0 saturated carbocycles. The number of hydrogen-bond acceptors (Lipinski definition) is 3. The molecule has 0 radical (unpaired) electrons. The van der Waals surface area contributed by atoms with Crippen molar-refractivity contribution in [2.75, 3.05) is 13.1 Å². The molecule has 0 fully saturated rings. The third kappa shape index (κ3) is 2.37. The van der Waals surface area contributed by atoms with E-state index in [1.165, 1.54) is 23.5 Å². The molecule has 1 amide bonds. The molecule has 0 spiro atoms. The lowest BCUT2D eigenvalue weighted by atomic mass is 10.0. The van der Waals surface area contributed by atoms with Gasteiger partial charge in [-0.05, 0) is 30.0 Å². The molecule has 1 aliphatic rings. The predicted octanol–water partition coefficient (Wildman–Crippen LogP) is 2.03. The molecule has 0 bridgehead atoms. The smallest absolute Gasteiger partial charge is 0.257 e. The van der Waals surface area contributed by atoms with Gasteiger partial charge in [0.25, 0.3) is 5.91 Å². The number of fused-ring (bicyclic) bond motifs is 1. The summed E-state index contributed by atoms with van der Waals surface area (Å²) in [7, 11) is 0. The van der Waals surface area contributed by atoms with Gasteiger partial charge in [0, 0.05) is 19.3 Å². The van der Waals surface area contributed by atoms with Gasteiger partial charge in [-0.15, -0.1) is 0 Å². The summed E-state index contributed by atoms with van der Waals surface area (Å²) in [6.07, 6.45) is 4.54. The zero-order valence-electron chi connectivity index (χ0n) is 11.1. The zero-order chi connectivity index (χ0) is 13.9. The highest BCUT2D eigenvalue weighted by molar-refractivity contribution is 5.96. The third-order valence-corrected chi connectivity index (χ3v) is 3.74. The van der Waals surface area contributed by atoms with E-state index in [0.29, 0.717) is 18.7 Å². The van der Waals surface area contributed by atoms with Gasteiger partial charge in [-0.25, -0.2) is 0 Å². The van der Waals surface area contributed by atoms with Gasteiger partial charge in [0.05, 0.1) is 11.8 Å². The maximum Gasteiger partial charge on any atom is 0.257 e. The van der Waals surface area contributed by atoms with Gasteiger partial charge in [-0.3, -0.25) is 9.78 Å². The molecule has 0 unspecified atom stereocenters. The highest BCUT2D eigenvalue weighted by Crippen LogP contribution is 2.20. The topological polar surface area (TPSA) is 53.4 Å². The van der Waals surface area contributed by atoms with Crippen LogP contribution in [0, 0.1) is 0 Å². The molecule has 2 heterocycles. The predicted molar refractivity (Wildman–Crippen MR) is 75.7 cm³/mol. The molecule has 3 rings (SSSR count). The summed E-state index contributed by atoms with van der Waals surface area (Å²) in [4.78, 5) is 18.1. The van der Waals surface area contributed by atoms with Crippen LogP contribution in [0.2, 0.25) is 0 Å². The van der Waals surface area contributed by atoms with E-state index in [1.807, 2.05) is 12.1 Å². The largest absolute Gasteiger partial charge is 0.505 e. The molecule has 102 valence electrons. The summed E-state index contributed by atoms with van der Waals surface area (Å²) in [6.45, 7) is 1.36. The molecule has 0 aliphatic carbocycles. The number of aromatic nitrogens is 1. The molecule has 0 saturated heterocycles. The van der Waals surface area contributed by atoms with Crippen LogP contribution in [0.3, 0.4) is 0 Å². The van der Waals surface area contributed by atoms with E-state index in [4.69, 9.17) is 0 Å². The number of hydrogen-bond donors (Lipinski definition) is 1.